The summed E-state index contributed by atoms with van der Waals surface area (Å²) in [5, 5.41) is 0. The number of carbonyl (C=O) groups excluding carboxylic acids is 1. The topological polar surface area (TPSA) is 20.3 Å². The fraction of sp³-hybridized carbons (Fsp3) is 0.588. The number of nitrogens with zero attached hydrogens (tertiary/aromatic N) is 1. The average Bonchev–Trinajstić information content (AvgIpc) is 2.42. The van der Waals surface area contributed by atoms with E-state index in [0.29, 0.717) is 18.0 Å². The van der Waals surface area contributed by atoms with E-state index >= 15 is 0 Å². The Morgan fingerprint density at radius 3 is 2.35 bits per heavy atom. The standard InChI is InChI=1S/C17H26FNO/c1-4-5-6-12-19(14(2)3)13-11-17(20)15-7-9-16(18)10-8-15/h7-10,14H,4-6,11-13H2,1-3H3. The highest BCUT2D eigenvalue weighted by molar-refractivity contribution is 5.96. The van der Waals surface area contributed by atoms with Crippen molar-refractivity contribution in [1.29, 1.82) is 0 Å². The number of Topliss-reactive ketones (excluding diaryl/α,β-unsaturated/α-hetero) is 1. The van der Waals surface area contributed by atoms with Crippen molar-refractivity contribution in [3.05, 3.63) is 35.6 Å². The van der Waals surface area contributed by atoms with E-state index in [0.717, 1.165) is 13.1 Å². The maximum atomic E-state index is 12.8. The molecule has 0 saturated heterocycles. The number of unbranched alkanes of at least 4 members (excludes halogenated alkanes) is 2. The van der Waals surface area contributed by atoms with Crippen LogP contribution < -0.4 is 0 Å². The number of hydrogen-bond donors (Lipinski definition) is 0. The molecule has 1 aromatic rings. The highest BCUT2D eigenvalue weighted by Gasteiger charge is 2.12. The summed E-state index contributed by atoms with van der Waals surface area (Å²) in [5.41, 5.74) is 0.601. The van der Waals surface area contributed by atoms with Crippen LogP contribution in [0.25, 0.3) is 0 Å². The number of halogens is 1. The second-order valence-corrected chi connectivity index (χ2v) is 5.52. The van der Waals surface area contributed by atoms with Crippen LogP contribution in [-0.4, -0.2) is 29.8 Å². The van der Waals surface area contributed by atoms with Gasteiger partial charge in [-0.2, -0.15) is 0 Å². The summed E-state index contributed by atoms with van der Waals surface area (Å²) >= 11 is 0. The zero-order valence-electron chi connectivity index (χ0n) is 12.9. The molecule has 0 aliphatic heterocycles. The SMILES string of the molecule is CCCCCN(CCC(=O)c1ccc(F)cc1)C(C)C. The van der Waals surface area contributed by atoms with Crippen molar-refractivity contribution in [2.75, 3.05) is 13.1 Å². The molecule has 112 valence electrons. The molecule has 0 fully saturated rings. The van der Waals surface area contributed by atoms with Crippen molar-refractivity contribution < 1.29 is 9.18 Å². The molecule has 0 unspecified atom stereocenters. The minimum absolute atomic E-state index is 0.0890. The monoisotopic (exact) mass is 279 g/mol. The molecule has 0 aliphatic carbocycles. The molecule has 0 atom stereocenters. The van der Waals surface area contributed by atoms with Gasteiger partial charge in [0.25, 0.3) is 0 Å². The van der Waals surface area contributed by atoms with E-state index < -0.39 is 0 Å². The van der Waals surface area contributed by atoms with Gasteiger partial charge in [0, 0.05) is 24.6 Å². The summed E-state index contributed by atoms with van der Waals surface area (Å²) in [6.07, 6.45) is 4.12. The van der Waals surface area contributed by atoms with Crippen LogP contribution in [0.5, 0.6) is 0 Å². The van der Waals surface area contributed by atoms with Gasteiger partial charge in [0.2, 0.25) is 0 Å². The van der Waals surface area contributed by atoms with E-state index in [1.807, 2.05) is 0 Å². The van der Waals surface area contributed by atoms with Crippen LogP contribution in [0, 0.1) is 5.82 Å². The van der Waals surface area contributed by atoms with E-state index in [2.05, 4.69) is 25.7 Å². The average molecular weight is 279 g/mol. The maximum Gasteiger partial charge on any atom is 0.164 e. The molecule has 1 rings (SSSR count). The highest BCUT2D eigenvalue weighted by atomic mass is 19.1. The second-order valence-electron chi connectivity index (χ2n) is 5.52. The van der Waals surface area contributed by atoms with Crippen LogP contribution in [0.15, 0.2) is 24.3 Å². The Morgan fingerprint density at radius 1 is 1.15 bits per heavy atom. The number of benzene rings is 1. The molecule has 0 amide bonds. The zero-order valence-corrected chi connectivity index (χ0v) is 12.9. The van der Waals surface area contributed by atoms with Gasteiger partial charge in [-0.15, -0.1) is 0 Å². The quantitative estimate of drug-likeness (QED) is 0.496. The first-order valence-corrected chi connectivity index (χ1v) is 7.57. The van der Waals surface area contributed by atoms with Crippen molar-refractivity contribution in [3.63, 3.8) is 0 Å². The fourth-order valence-electron chi connectivity index (χ4n) is 2.22. The normalized spacial score (nSPS) is 11.3. The predicted octanol–water partition coefficient (Wildman–Crippen LogP) is 4.30. The minimum Gasteiger partial charge on any atom is -0.300 e. The number of carbonyl (C=O) groups is 1. The Hall–Kier alpha value is -1.22. The summed E-state index contributed by atoms with van der Waals surface area (Å²) in [6, 6.07) is 6.26. The van der Waals surface area contributed by atoms with Crippen LogP contribution in [0.3, 0.4) is 0 Å². The Balaban J connectivity index is 2.45. The first kappa shape index (κ1) is 16.8. The van der Waals surface area contributed by atoms with Crippen molar-refractivity contribution in [2.45, 2.75) is 52.5 Å². The van der Waals surface area contributed by atoms with Gasteiger partial charge >= 0.3 is 0 Å². The van der Waals surface area contributed by atoms with Crippen molar-refractivity contribution in [3.8, 4) is 0 Å². The van der Waals surface area contributed by atoms with Crippen LogP contribution in [0.1, 0.15) is 56.8 Å². The molecule has 0 N–H and O–H groups in total. The van der Waals surface area contributed by atoms with Crippen LogP contribution in [-0.2, 0) is 0 Å². The van der Waals surface area contributed by atoms with E-state index in [9.17, 15) is 9.18 Å². The van der Waals surface area contributed by atoms with E-state index in [-0.39, 0.29) is 11.6 Å². The molecule has 0 bridgehead atoms. The molecular weight excluding hydrogens is 253 g/mol. The van der Waals surface area contributed by atoms with E-state index in [4.69, 9.17) is 0 Å². The molecule has 3 heteroatoms. The third kappa shape index (κ3) is 5.83. The van der Waals surface area contributed by atoms with Crippen LogP contribution in [0.4, 0.5) is 4.39 Å². The maximum absolute atomic E-state index is 12.8. The Kier molecular flexibility index (Phi) is 7.45. The van der Waals surface area contributed by atoms with Crippen LogP contribution in [0.2, 0.25) is 0 Å². The van der Waals surface area contributed by atoms with E-state index in [1.54, 1.807) is 12.1 Å². The van der Waals surface area contributed by atoms with Gasteiger partial charge in [-0.25, -0.2) is 4.39 Å². The Labute approximate surface area is 122 Å². The number of hydrogen-bond acceptors (Lipinski definition) is 2. The lowest BCUT2D eigenvalue weighted by molar-refractivity contribution is 0.0955. The van der Waals surface area contributed by atoms with Gasteiger partial charge < -0.3 is 4.90 Å². The Morgan fingerprint density at radius 2 is 1.80 bits per heavy atom. The third-order valence-electron chi connectivity index (χ3n) is 3.57. The van der Waals surface area contributed by atoms with Gasteiger partial charge in [0.1, 0.15) is 5.82 Å². The second kappa shape index (κ2) is 8.85. The molecule has 0 saturated carbocycles. The zero-order chi connectivity index (χ0) is 15.0. The van der Waals surface area contributed by atoms with Gasteiger partial charge in [0.05, 0.1) is 0 Å². The van der Waals surface area contributed by atoms with E-state index in [1.165, 1.54) is 31.4 Å². The first-order valence-electron chi connectivity index (χ1n) is 7.57. The lowest BCUT2D eigenvalue weighted by Gasteiger charge is -2.26. The minimum atomic E-state index is -0.301. The lowest BCUT2D eigenvalue weighted by atomic mass is 10.1. The fourth-order valence-corrected chi connectivity index (χ4v) is 2.22. The van der Waals surface area contributed by atoms with Crippen molar-refractivity contribution in [2.24, 2.45) is 0 Å². The third-order valence-corrected chi connectivity index (χ3v) is 3.57. The molecule has 20 heavy (non-hydrogen) atoms. The van der Waals surface area contributed by atoms with Crippen LogP contribution >= 0.6 is 0 Å². The summed E-state index contributed by atoms with van der Waals surface area (Å²) in [5.74, 6) is -0.212. The Bertz CT molecular complexity index is 400. The van der Waals surface area contributed by atoms with Gasteiger partial charge in [0.15, 0.2) is 5.78 Å². The molecule has 0 aliphatic rings. The molecular formula is C17H26FNO. The summed E-state index contributed by atoms with van der Waals surface area (Å²) in [7, 11) is 0. The number of ketones is 1. The summed E-state index contributed by atoms with van der Waals surface area (Å²) < 4.78 is 12.8. The number of rotatable bonds is 9. The van der Waals surface area contributed by atoms with Crippen molar-refractivity contribution in [1.82, 2.24) is 4.90 Å². The van der Waals surface area contributed by atoms with Gasteiger partial charge in [-0.3, -0.25) is 4.79 Å². The largest absolute Gasteiger partial charge is 0.300 e. The molecule has 0 heterocycles. The predicted molar refractivity (Wildman–Crippen MR) is 81.6 cm³/mol. The molecule has 0 aromatic heterocycles. The highest BCUT2D eigenvalue weighted by Crippen LogP contribution is 2.09. The lowest BCUT2D eigenvalue weighted by Crippen LogP contribution is -2.33. The molecule has 1 aromatic carbocycles. The smallest absolute Gasteiger partial charge is 0.164 e. The molecule has 0 spiro atoms. The summed E-state index contributed by atoms with van der Waals surface area (Å²) in [4.78, 5) is 14.4. The van der Waals surface area contributed by atoms with Gasteiger partial charge in [-0.1, -0.05) is 19.8 Å². The summed E-state index contributed by atoms with van der Waals surface area (Å²) in [6.45, 7) is 8.33. The molecule has 2 nitrogen and oxygen atoms in total. The first-order chi connectivity index (χ1) is 9.54. The van der Waals surface area contributed by atoms with Gasteiger partial charge in [-0.05, 0) is 51.1 Å². The molecule has 0 radical (unpaired) electrons. The van der Waals surface area contributed by atoms with Crippen molar-refractivity contribution >= 4 is 5.78 Å².